The van der Waals surface area contributed by atoms with Crippen LogP contribution in [0.15, 0.2) is 56.8 Å². The van der Waals surface area contributed by atoms with Crippen LogP contribution in [0.1, 0.15) is 12.8 Å². The Morgan fingerprint density at radius 2 is 1.97 bits per heavy atom. The molecule has 1 aliphatic heterocycles. The summed E-state index contributed by atoms with van der Waals surface area (Å²) in [7, 11) is 3.09. The van der Waals surface area contributed by atoms with E-state index >= 15 is 0 Å². The van der Waals surface area contributed by atoms with Crippen molar-refractivity contribution in [2.24, 2.45) is 0 Å². The molecule has 9 nitrogen and oxygen atoms in total. The molecule has 182 valence electrons. The Bertz CT molecular complexity index is 1420. The average molecular weight is 496 g/mol. The molecule has 1 saturated heterocycles. The summed E-state index contributed by atoms with van der Waals surface area (Å²) in [5.74, 6) is 0.937. The van der Waals surface area contributed by atoms with Gasteiger partial charge < -0.3 is 23.9 Å². The van der Waals surface area contributed by atoms with Gasteiger partial charge in [0.2, 0.25) is 11.5 Å². The number of rotatable bonds is 8. The van der Waals surface area contributed by atoms with Gasteiger partial charge in [-0.15, -0.1) is 0 Å². The summed E-state index contributed by atoms with van der Waals surface area (Å²) in [4.78, 5) is 31.0. The molecular weight excluding hydrogens is 470 g/mol. The first-order valence-electron chi connectivity index (χ1n) is 11.2. The first-order chi connectivity index (χ1) is 17.1. The van der Waals surface area contributed by atoms with Crippen LogP contribution >= 0.6 is 11.8 Å². The number of carbonyl (C=O) groups is 1. The lowest BCUT2D eigenvalue weighted by molar-refractivity contribution is -0.113. The van der Waals surface area contributed by atoms with Crippen LogP contribution < -0.4 is 20.3 Å². The number of hydrogen-bond donors (Lipinski definition) is 1. The molecular formula is C25H25N3O6S. The normalized spacial score (nSPS) is 15.5. The van der Waals surface area contributed by atoms with Gasteiger partial charge in [0, 0.05) is 35.9 Å². The van der Waals surface area contributed by atoms with E-state index in [1.807, 2.05) is 24.3 Å². The Balaban J connectivity index is 1.43. The molecule has 1 atom stereocenters. The molecule has 1 N–H and O–H groups in total. The molecule has 0 unspecified atom stereocenters. The topological polar surface area (TPSA) is 105 Å². The van der Waals surface area contributed by atoms with Crippen molar-refractivity contribution >= 4 is 45.4 Å². The van der Waals surface area contributed by atoms with Gasteiger partial charge in [-0.05, 0) is 25.0 Å². The van der Waals surface area contributed by atoms with Crippen molar-refractivity contribution in [3.63, 3.8) is 0 Å². The van der Waals surface area contributed by atoms with Gasteiger partial charge in [-0.25, -0.2) is 4.98 Å². The number of amides is 1. The van der Waals surface area contributed by atoms with E-state index in [2.05, 4.69) is 5.32 Å². The molecule has 1 fully saturated rings. The predicted molar refractivity (Wildman–Crippen MR) is 134 cm³/mol. The van der Waals surface area contributed by atoms with Crippen LogP contribution in [0.5, 0.6) is 11.5 Å². The van der Waals surface area contributed by atoms with E-state index in [0.29, 0.717) is 46.6 Å². The van der Waals surface area contributed by atoms with E-state index in [9.17, 15) is 9.59 Å². The van der Waals surface area contributed by atoms with Gasteiger partial charge >= 0.3 is 0 Å². The number of nitrogens with one attached hydrogen (secondary N) is 1. The molecule has 3 heterocycles. The van der Waals surface area contributed by atoms with E-state index in [1.165, 1.54) is 11.8 Å². The summed E-state index contributed by atoms with van der Waals surface area (Å²) >= 11 is 1.20. The molecule has 1 amide bonds. The number of ether oxygens (including phenoxy) is 3. The highest BCUT2D eigenvalue weighted by atomic mass is 32.2. The van der Waals surface area contributed by atoms with Crippen LogP contribution in [0.3, 0.4) is 0 Å². The number of benzene rings is 2. The second-order valence-corrected chi connectivity index (χ2v) is 9.10. The fourth-order valence-corrected chi connectivity index (χ4v) is 4.92. The number of carbonyl (C=O) groups excluding carboxylic acids is 1. The number of fused-ring (bicyclic) bond motifs is 3. The maximum absolute atomic E-state index is 13.4. The Morgan fingerprint density at radius 3 is 2.69 bits per heavy atom. The van der Waals surface area contributed by atoms with E-state index in [4.69, 9.17) is 23.6 Å². The summed E-state index contributed by atoms with van der Waals surface area (Å²) in [5, 5.41) is 4.06. The average Bonchev–Trinajstić information content (AvgIpc) is 3.52. The monoisotopic (exact) mass is 495 g/mol. The maximum atomic E-state index is 13.4. The quantitative estimate of drug-likeness (QED) is 0.288. The number of nitrogens with zero attached hydrogens (tertiary/aromatic N) is 2. The Kier molecular flexibility index (Phi) is 6.65. The highest BCUT2D eigenvalue weighted by Gasteiger charge is 2.23. The van der Waals surface area contributed by atoms with Gasteiger partial charge in [0.05, 0.1) is 32.6 Å². The van der Waals surface area contributed by atoms with Gasteiger partial charge in [-0.3, -0.25) is 14.2 Å². The lowest BCUT2D eigenvalue weighted by Gasteiger charge is -2.15. The molecule has 2 aromatic carbocycles. The van der Waals surface area contributed by atoms with E-state index in [0.717, 1.165) is 18.2 Å². The molecule has 0 radical (unpaired) electrons. The van der Waals surface area contributed by atoms with Crippen molar-refractivity contribution in [1.82, 2.24) is 9.55 Å². The molecule has 0 bridgehead atoms. The predicted octanol–water partition coefficient (Wildman–Crippen LogP) is 4.07. The Labute approximate surface area is 205 Å². The number of methoxy groups -OCH3 is 2. The second-order valence-electron chi connectivity index (χ2n) is 8.16. The van der Waals surface area contributed by atoms with Crippen LogP contribution in [0.4, 0.5) is 5.69 Å². The fraction of sp³-hybridized carbons (Fsp3) is 0.320. The number of aromatic nitrogens is 2. The van der Waals surface area contributed by atoms with Crippen molar-refractivity contribution in [2.75, 3.05) is 31.9 Å². The number of anilines is 1. The molecule has 10 heteroatoms. The van der Waals surface area contributed by atoms with Crippen LogP contribution in [0.25, 0.3) is 22.1 Å². The van der Waals surface area contributed by atoms with Crippen LogP contribution in [-0.4, -0.2) is 48.1 Å². The lowest BCUT2D eigenvalue weighted by Crippen LogP contribution is -2.29. The third kappa shape index (κ3) is 4.85. The number of thioether (sulfide) groups is 1. The molecule has 1 aliphatic rings. The zero-order chi connectivity index (χ0) is 24.4. The minimum absolute atomic E-state index is 0.0543. The maximum Gasteiger partial charge on any atom is 0.297 e. The van der Waals surface area contributed by atoms with Crippen LogP contribution in [0, 0.1) is 0 Å². The van der Waals surface area contributed by atoms with E-state index in [-0.39, 0.29) is 28.9 Å². The minimum Gasteiger partial charge on any atom is -0.497 e. The van der Waals surface area contributed by atoms with Crippen LogP contribution in [0.2, 0.25) is 0 Å². The van der Waals surface area contributed by atoms with E-state index < -0.39 is 0 Å². The summed E-state index contributed by atoms with van der Waals surface area (Å²) in [6.45, 7) is 1.03. The summed E-state index contributed by atoms with van der Waals surface area (Å²) in [5.41, 5.74) is 1.58. The zero-order valence-corrected chi connectivity index (χ0v) is 20.2. The third-order valence-electron chi connectivity index (χ3n) is 5.82. The first-order valence-corrected chi connectivity index (χ1v) is 12.2. The lowest BCUT2D eigenvalue weighted by atomic mass is 10.2. The standard InChI is InChI=1S/C25H25N3O6S/c1-31-17-10-15(11-18(12-17)32-2)26-21(29)14-35-25-27-22-19-7-3-4-8-20(19)34-23(22)24(30)28(25)13-16-6-5-9-33-16/h3-4,7-8,10-12,16H,5-6,9,13-14H2,1-2H3,(H,26,29)/t16-/m0/s1. The minimum atomic E-state index is -0.276. The third-order valence-corrected chi connectivity index (χ3v) is 6.80. The van der Waals surface area contributed by atoms with E-state index in [1.54, 1.807) is 37.0 Å². The molecule has 0 aliphatic carbocycles. The van der Waals surface area contributed by atoms with Crippen molar-refractivity contribution in [3.05, 3.63) is 52.8 Å². The van der Waals surface area contributed by atoms with Crippen molar-refractivity contribution in [2.45, 2.75) is 30.6 Å². The fourth-order valence-electron chi connectivity index (χ4n) is 4.12. The highest BCUT2D eigenvalue weighted by Crippen LogP contribution is 2.29. The van der Waals surface area contributed by atoms with Gasteiger partial charge in [0.1, 0.15) is 22.6 Å². The van der Waals surface area contributed by atoms with Crippen molar-refractivity contribution in [3.8, 4) is 11.5 Å². The molecule has 4 aromatic rings. The highest BCUT2D eigenvalue weighted by molar-refractivity contribution is 7.99. The largest absolute Gasteiger partial charge is 0.497 e. The molecule has 5 rings (SSSR count). The van der Waals surface area contributed by atoms with Crippen molar-refractivity contribution < 1.29 is 23.4 Å². The summed E-state index contributed by atoms with van der Waals surface area (Å²) < 4.78 is 23.7. The molecule has 35 heavy (non-hydrogen) atoms. The zero-order valence-electron chi connectivity index (χ0n) is 19.4. The van der Waals surface area contributed by atoms with Gasteiger partial charge in [0.25, 0.3) is 5.56 Å². The summed E-state index contributed by atoms with van der Waals surface area (Å²) in [6.07, 6.45) is 1.75. The molecule has 2 aromatic heterocycles. The SMILES string of the molecule is COc1cc(NC(=O)CSc2nc3c(oc4ccccc43)c(=O)n2C[C@@H]2CCCO2)cc(OC)c1. The molecule has 0 saturated carbocycles. The van der Waals surface area contributed by atoms with Crippen LogP contribution in [-0.2, 0) is 16.1 Å². The first kappa shape index (κ1) is 23.3. The summed E-state index contributed by atoms with van der Waals surface area (Å²) in [6, 6.07) is 12.5. The number of furan rings is 1. The van der Waals surface area contributed by atoms with Crippen molar-refractivity contribution in [1.29, 1.82) is 0 Å². The number of hydrogen-bond acceptors (Lipinski definition) is 8. The Hall–Kier alpha value is -3.50. The Morgan fingerprint density at radius 1 is 1.20 bits per heavy atom. The smallest absolute Gasteiger partial charge is 0.297 e. The van der Waals surface area contributed by atoms with Gasteiger partial charge in [0.15, 0.2) is 5.16 Å². The van der Waals surface area contributed by atoms with Gasteiger partial charge in [-0.1, -0.05) is 23.9 Å². The van der Waals surface area contributed by atoms with Gasteiger partial charge in [-0.2, -0.15) is 0 Å². The second kappa shape index (κ2) is 10.0. The molecule has 0 spiro atoms. The number of para-hydroxylation sites is 1.